The predicted molar refractivity (Wildman–Crippen MR) is 145 cm³/mol. The summed E-state index contributed by atoms with van der Waals surface area (Å²) < 4.78 is 5.60. The molecule has 0 bridgehead atoms. The maximum absolute atomic E-state index is 11.3. The van der Waals surface area contributed by atoms with Crippen molar-refractivity contribution in [2.45, 2.75) is 45.4 Å². The molecule has 6 nitrogen and oxygen atoms in total. The van der Waals surface area contributed by atoms with Gasteiger partial charge in [-0.1, -0.05) is 55.3 Å². The summed E-state index contributed by atoms with van der Waals surface area (Å²) in [6.45, 7) is 7.97. The summed E-state index contributed by atoms with van der Waals surface area (Å²) in [5.41, 5.74) is 6.86. The third kappa shape index (κ3) is 6.39. The van der Waals surface area contributed by atoms with E-state index in [9.17, 15) is 15.0 Å². The Kier molecular flexibility index (Phi) is 10.3. The second kappa shape index (κ2) is 12.9. The van der Waals surface area contributed by atoms with Gasteiger partial charge < -0.3 is 29.8 Å². The van der Waals surface area contributed by atoms with Crippen LogP contribution in [0.1, 0.15) is 60.2 Å². The number of allylic oxidation sites excluding steroid dienone is 5. The molecule has 8 heteroatoms. The summed E-state index contributed by atoms with van der Waals surface area (Å²) in [5, 5.41) is 30.9. The number of nitrogens with zero attached hydrogens (tertiary/aromatic N) is 1. The van der Waals surface area contributed by atoms with Crippen LogP contribution in [0.15, 0.2) is 64.3 Å². The van der Waals surface area contributed by atoms with E-state index < -0.39 is 5.97 Å². The monoisotopic (exact) mass is 545 g/mol. The van der Waals surface area contributed by atoms with Crippen molar-refractivity contribution in [2.24, 2.45) is 0 Å². The van der Waals surface area contributed by atoms with Gasteiger partial charge in [0.1, 0.15) is 5.75 Å². The van der Waals surface area contributed by atoms with Crippen LogP contribution in [-0.2, 0) is 10.2 Å². The van der Waals surface area contributed by atoms with Gasteiger partial charge in [-0.3, -0.25) is 0 Å². The van der Waals surface area contributed by atoms with Gasteiger partial charge in [0.15, 0.2) is 0 Å². The number of benzene rings is 2. The van der Waals surface area contributed by atoms with Crippen molar-refractivity contribution in [3.63, 3.8) is 0 Å². The van der Waals surface area contributed by atoms with Gasteiger partial charge in [0.05, 0.1) is 25.8 Å². The van der Waals surface area contributed by atoms with Gasteiger partial charge in [-0.25, -0.2) is 0 Å². The number of aryl methyl sites for hydroxylation is 1. The molecular weight excluding hydrogens is 513 g/mol. The van der Waals surface area contributed by atoms with E-state index in [-0.39, 0.29) is 52.9 Å². The molecule has 1 heterocycles. The van der Waals surface area contributed by atoms with E-state index in [1.807, 2.05) is 6.08 Å². The van der Waals surface area contributed by atoms with Crippen molar-refractivity contribution in [1.29, 1.82) is 0 Å². The van der Waals surface area contributed by atoms with Crippen LogP contribution in [0.3, 0.4) is 0 Å². The molecule has 2 N–H and O–H groups in total. The van der Waals surface area contributed by atoms with Gasteiger partial charge in [0.25, 0.3) is 0 Å². The number of halogens is 1. The molecular formula is C30H33ClNNaO5. The van der Waals surface area contributed by atoms with Crippen molar-refractivity contribution >= 4 is 29.3 Å². The van der Waals surface area contributed by atoms with Crippen molar-refractivity contribution < 1.29 is 54.4 Å². The predicted octanol–water partition coefficient (Wildman–Crippen LogP) is 1.82. The summed E-state index contributed by atoms with van der Waals surface area (Å²) in [7, 11) is 0. The molecule has 0 spiro atoms. The first kappa shape index (κ1) is 30.5. The number of carbonyl (C=O) groups is 1. The Balaban J connectivity index is 0.00000400. The Morgan fingerprint density at radius 3 is 2.63 bits per heavy atom. The second-order valence-corrected chi connectivity index (χ2v) is 10.5. The van der Waals surface area contributed by atoms with E-state index in [0.29, 0.717) is 30.4 Å². The number of carboxylic acid groups (broad SMARTS) is 1. The van der Waals surface area contributed by atoms with E-state index >= 15 is 0 Å². The van der Waals surface area contributed by atoms with Crippen molar-refractivity contribution in [1.82, 2.24) is 0 Å². The second-order valence-electron chi connectivity index (χ2n) is 10.1. The molecule has 1 aliphatic heterocycles. The van der Waals surface area contributed by atoms with Crippen LogP contribution in [-0.4, -0.2) is 42.5 Å². The number of anilines is 1. The quantitative estimate of drug-likeness (QED) is 0.388. The summed E-state index contributed by atoms with van der Waals surface area (Å²) in [6.07, 6.45) is 6.59. The summed E-state index contributed by atoms with van der Waals surface area (Å²) in [5.74, 6) is -1.74. The molecule has 0 saturated carbocycles. The van der Waals surface area contributed by atoms with Gasteiger partial charge in [-0.15, -0.1) is 0 Å². The Bertz CT molecular complexity index is 1300. The zero-order chi connectivity index (χ0) is 26.7. The van der Waals surface area contributed by atoms with Crippen molar-refractivity contribution in [3.05, 3.63) is 86.6 Å². The van der Waals surface area contributed by atoms with E-state index in [2.05, 4.69) is 49.9 Å². The molecule has 2 aromatic carbocycles. The minimum Gasteiger partial charge on any atom is -0.545 e. The first-order valence-corrected chi connectivity index (χ1v) is 12.9. The summed E-state index contributed by atoms with van der Waals surface area (Å²) >= 11 is 6.95. The molecule has 0 fully saturated rings. The zero-order valence-electron chi connectivity index (χ0n) is 22.5. The Morgan fingerprint density at radius 1 is 1.16 bits per heavy atom. The normalized spacial score (nSPS) is 18.6. The van der Waals surface area contributed by atoms with E-state index in [0.717, 1.165) is 41.8 Å². The number of hydrogen-bond acceptors (Lipinski definition) is 6. The van der Waals surface area contributed by atoms with Gasteiger partial charge in [-0.05, 0) is 72.7 Å². The molecule has 2 aromatic rings. The number of carbonyl (C=O) groups excluding carboxylic acids is 1. The zero-order valence-corrected chi connectivity index (χ0v) is 25.3. The van der Waals surface area contributed by atoms with Gasteiger partial charge in [0, 0.05) is 33.9 Å². The molecule has 4 rings (SSSR count). The van der Waals surface area contributed by atoms with Gasteiger partial charge in [-0.2, -0.15) is 0 Å². The average molecular weight is 546 g/mol. The molecule has 0 amide bonds. The fourth-order valence-corrected chi connectivity index (χ4v) is 5.45. The number of aliphatic hydroxyl groups is 1. The number of aromatic hydroxyl groups is 1. The van der Waals surface area contributed by atoms with E-state index in [1.165, 1.54) is 23.3 Å². The van der Waals surface area contributed by atoms with Crippen LogP contribution in [0.5, 0.6) is 5.75 Å². The number of ether oxygens (including phenoxy) is 1. The first-order chi connectivity index (χ1) is 17.6. The summed E-state index contributed by atoms with van der Waals surface area (Å²) in [6, 6.07) is 10.9. The molecule has 38 heavy (non-hydrogen) atoms. The largest absolute Gasteiger partial charge is 1.00 e. The molecule has 1 aliphatic carbocycles. The Hall–Kier alpha value is -2.06. The first-order valence-electron chi connectivity index (χ1n) is 12.6. The molecule has 0 atom stereocenters. The molecule has 0 unspecified atom stereocenters. The Labute approximate surface area is 251 Å². The van der Waals surface area contributed by atoms with Crippen LogP contribution in [0.2, 0.25) is 0 Å². The maximum Gasteiger partial charge on any atom is 1.00 e. The van der Waals surface area contributed by atoms with Crippen LogP contribution in [0.4, 0.5) is 5.69 Å². The van der Waals surface area contributed by atoms with Crippen LogP contribution >= 0.6 is 11.6 Å². The maximum atomic E-state index is 11.3. The number of aliphatic hydroxyl groups excluding tert-OH is 1. The summed E-state index contributed by atoms with van der Waals surface area (Å²) in [4.78, 5) is 13.6. The minimum atomic E-state index is -1.42. The number of fused-ring (bicyclic) bond motifs is 1. The van der Waals surface area contributed by atoms with Crippen LogP contribution < -0.4 is 39.6 Å². The fourth-order valence-electron chi connectivity index (χ4n) is 5.15. The molecule has 0 saturated heterocycles. The Morgan fingerprint density at radius 2 is 1.92 bits per heavy atom. The fraction of sp³-hybridized carbons (Fsp3) is 0.367. The minimum absolute atomic E-state index is 0. The number of hydrogen-bond donors (Lipinski definition) is 2. The van der Waals surface area contributed by atoms with E-state index in [1.54, 1.807) is 6.07 Å². The smallest absolute Gasteiger partial charge is 0.545 e. The molecule has 0 radical (unpaired) electrons. The number of carboxylic acids is 1. The third-order valence-corrected chi connectivity index (χ3v) is 7.58. The standard InChI is InChI=1S/C30H34ClNO5.Na/c1-19-7-9-25-24(15-19)30(2,3)27(32(25)11-13-37-14-12-33)18-22-6-4-5-21(28(22)31)16-20-8-10-26(34)23(17-20)29(35)36;/h7-10,15-18,33-34H,4-6,11-14H2,1-3H3,(H,35,36);/q;+1/p-1/b21-16+,27-18+;. The SMILES string of the molecule is Cc1ccc2c(c1)C(C)(C)/C(=C\C1=C(Cl)C(=C/c3ccc(O)c(C(=O)[O-])c3)/CCC1)N2CCOCCO.[Na+]. The number of phenols is 1. The van der Waals surface area contributed by atoms with Crippen molar-refractivity contribution in [3.8, 4) is 5.75 Å². The molecule has 2 aliphatic rings. The van der Waals surface area contributed by atoms with Gasteiger partial charge >= 0.3 is 29.6 Å². The van der Waals surface area contributed by atoms with Crippen LogP contribution in [0, 0.1) is 6.92 Å². The van der Waals surface area contributed by atoms with E-state index in [4.69, 9.17) is 21.4 Å². The van der Waals surface area contributed by atoms with Crippen LogP contribution in [0.25, 0.3) is 6.08 Å². The molecule has 0 aromatic heterocycles. The third-order valence-electron chi connectivity index (χ3n) is 7.09. The van der Waals surface area contributed by atoms with Crippen molar-refractivity contribution in [2.75, 3.05) is 31.3 Å². The topological polar surface area (TPSA) is 93.1 Å². The van der Waals surface area contributed by atoms with Gasteiger partial charge in [0.2, 0.25) is 0 Å². The average Bonchev–Trinajstić information content (AvgIpc) is 3.06. The molecule has 196 valence electrons. The number of aromatic carboxylic acids is 1. The number of rotatable bonds is 8.